The van der Waals surface area contributed by atoms with Crippen LogP contribution in [-0.4, -0.2) is 4.98 Å². The molecule has 8 aromatic rings. The molecule has 37 heavy (non-hydrogen) atoms. The molecule has 8 rings (SSSR count). The van der Waals surface area contributed by atoms with E-state index in [0.29, 0.717) is 0 Å². The Morgan fingerprint density at radius 1 is 0.378 bits per heavy atom. The summed E-state index contributed by atoms with van der Waals surface area (Å²) in [6.45, 7) is 0. The highest BCUT2D eigenvalue weighted by molar-refractivity contribution is 7.25. The van der Waals surface area contributed by atoms with Gasteiger partial charge in [-0.05, 0) is 85.6 Å². The van der Waals surface area contributed by atoms with Crippen LogP contribution in [0.4, 0.5) is 0 Å². The van der Waals surface area contributed by atoms with Crippen LogP contribution in [0.2, 0.25) is 0 Å². The van der Waals surface area contributed by atoms with Gasteiger partial charge in [-0.3, -0.25) is 4.98 Å². The van der Waals surface area contributed by atoms with Gasteiger partial charge in [0, 0.05) is 38.0 Å². The van der Waals surface area contributed by atoms with Crippen LogP contribution in [0, 0.1) is 0 Å². The summed E-state index contributed by atoms with van der Waals surface area (Å²) < 4.78 is 2.68. The molecule has 2 heterocycles. The quantitative estimate of drug-likeness (QED) is 0.221. The van der Waals surface area contributed by atoms with E-state index in [-0.39, 0.29) is 0 Å². The molecule has 0 fully saturated rings. The van der Waals surface area contributed by atoms with Crippen LogP contribution >= 0.6 is 11.3 Å². The number of nitrogens with zero attached hydrogens (tertiary/aromatic N) is 1. The number of benzene rings is 6. The van der Waals surface area contributed by atoms with Crippen molar-refractivity contribution in [2.75, 3.05) is 0 Å². The Morgan fingerprint density at radius 3 is 1.78 bits per heavy atom. The Morgan fingerprint density at radius 2 is 0.973 bits per heavy atom. The number of fused-ring (bicyclic) bond motifs is 9. The maximum Gasteiger partial charge on any atom is 0.0355 e. The molecule has 1 nitrogen and oxygen atoms in total. The van der Waals surface area contributed by atoms with E-state index in [0.717, 1.165) is 0 Å². The summed E-state index contributed by atoms with van der Waals surface area (Å²) in [6.07, 6.45) is 3.89. The van der Waals surface area contributed by atoms with Gasteiger partial charge in [0.25, 0.3) is 0 Å². The largest absolute Gasteiger partial charge is 0.264 e. The summed E-state index contributed by atoms with van der Waals surface area (Å²) >= 11 is 1.86. The highest BCUT2D eigenvalue weighted by atomic mass is 32.1. The molecule has 0 amide bonds. The van der Waals surface area contributed by atoms with Crippen LogP contribution in [0.5, 0.6) is 0 Å². The molecule has 0 spiro atoms. The average Bonchev–Trinajstić information content (AvgIpc) is 3.35. The average molecular weight is 488 g/mol. The first kappa shape index (κ1) is 20.6. The molecule has 0 bridgehead atoms. The second-order valence-electron chi connectivity index (χ2n) is 9.62. The molecular weight excluding hydrogens is 466 g/mol. The molecule has 0 saturated carbocycles. The van der Waals surface area contributed by atoms with E-state index in [4.69, 9.17) is 0 Å². The highest BCUT2D eigenvalue weighted by Crippen LogP contribution is 2.39. The molecule has 2 aromatic heterocycles. The molecule has 0 N–H and O–H groups in total. The normalized spacial score (nSPS) is 11.8. The zero-order chi connectivity index (χ0) is 24.3. The van der Waals surface area contributed by atoms with E-state index in [1.165, 1.54) is 74.7 Å². The van der Waals surface area contributed by atoms with Crippen molar-refractivity contribution in [3.63, 3.8) is 0 Å². The van der Waals surface area contributed by atoms with Crippen LogP contribution in [0.3, 0.4) is 0 Å². The Kier molecular flexibility index (Phi) is 4.46. The minimum absolute atomic E-state index is 1.20. The zero-order valence-electron chi connectivity index (χ0n) is 20.0. The summed E-state index contributed by atoms with van der Waals surface area (Å²) in [7, 11) is 0. The van der Waals surface area contributed by atoms with Crippen LogP contribution in [-0.2, 0) is 0 Å². The van der Waals surface area contributed by atoms with Crippen molar-refractivity contribution < 1.29 is 0 Å². The van der Waals surface area contributed by atoms with Crippen LogP contribution in [0.1, 0.15) is 0 Å². The maximum atomic E-state index is 4.47. The lowest BCUT2D eigenvalue weighted by atomic mass is 9.92. The van der Waals surface area contributed by atoms with Crippen molar-refractivity contribution in [2.45, 2.75) is 0 Å². The molecule has 0 saturated heterocycles. The van der Waals surface area contributed by atoms with Gasteiger partial charge in [-0.1, -0.05) is 78.9 Å². The Labute approximate surface area is 218 Å². The summed E-state index contributed by atoms with van der Waals surface area (Å²) in [5.74, 6) is 0. The van der Waals surface area contributed by atoms with Gasteiger partial charge in [-0.2, -0.15) is 0 Å². The van der Waals surface area contributed by atoms with Crippen molar-refractivity contribution in [3.05, 3.63) is 128 Å². The first-order valence-corrected chi connectivity index (χ1v) is 13.4. The van der Waals surface area contributed by atoms with Gasteiger partial charge in [0.1, 0.15) is 0 Å². The van der Waals surface area contributed by atoms with E-state index in [2.05, 4.69) is 120 Å². The van der Waals surface area contributed by atoms with Gasteiger partial charge < -0.3 is 0 Å². The molecule has 0 aliphatic carbocycles. The van der Waals surface area contributed by atoms with E-state index in [9.17, 15) is 0 Å². The topological polar surface area (TPSA) is 12.9 Å². The third-order valence-electron chi connectivity index (χ3n) is 7.54. The second kappa shape index (κ2) is 7.99. The fraction of sp³-hybridized carbons (Fsp3) is 0. The lowest BCUT2D eigenvalue weighted by Gasteiger charge is -2.12. The van der Waals surface area contributed by atoms with Gasteiger partial charge in [-0.25, -0.2) is 0 Å². The summed E-state index contributed by atoms with van der Waals surface area (Å²) in [5, 5.41) is 10.2. The molecule has 2 heteroatoms. The minimum atomic E-state index is 1.20. The molecule has 0 aliphatic heterocycles. The number of aromatic nitrogens is 1. The zero-order valence-corrected chi connectivity index (χ0v) is 20.8. The third kappa shape index (κ3) is 3.20. The van der Waals surface area contributed by atoms with Gasteiger partial charge in [0.05, 0.1) is 0 Å². The first-order chi connectivity index (χ1) is 18.3. The molecule has 0 radical (unpaired) electrons. The number of hydrogen-bond acceptors (Lipinski definition) is 2. The fourth-order valence-corrected chi connectivity index (χ4v) is 6.85. The summed E-state index contributed by atoms with van der Waals surface area (Å²) in [6, 6.07) is 42.1. The number of thiophene rings is 1. The molecule has 0 unspecified atom stereocenters. The van der Waals surface area contributed by atoms with Gasteiger partial charge in [0.15, 0.2) is 0 Å². The van der Waals surface area contributed by atoms with E-state index >= 15 is 0 Å². The van der Waals surface area contributed by atoms with Crippen molar-refractivity contribution in [2.24, 2.45) is 0 Å². The minimum Gasteiger partial charge on any atom is -0.264 e. The lowest BCUT2D eigenvalue weighted by Crippen LogP contribution is -1.86. The van der Waals surface area contributed by atoms with E-state index in [1.54, 1.807) is 0 Å². The predicted molar refractivity (Wildman–Crippen MR) is 161 cm³/mol. The maximum absolute atomic E-state index is 4.47. The van der Waals surface area contributed by atoms with Crippen molar-refractivity contribution in [1.82, 2.24) is 4.98 Å². The number of hydrogen-bond donors (Lipinski definition) is 0. The van der Waals surface area contributed by atoms with E-state index in [1.807, 2.05) is 23.7 Å². The van der Waals surface area contributed by atoms with Crippen molar-refractivity contribution in [1.29, 1.82) is 0 Å². The van der Waals surface area contributed by atoms with Crippen LogP contribution in [0.15, 0.2) is 128 Å². The van der Waals surface area contributed by atoms with E-state index < -0.39 is 0 Å². The fourth-order valence-electron chi connectivity index (χ4n) is 5.76. The standard InChI is InChI=1S/C35H21NS/c1-2-9-27-26(8-1)28-14-12-24(19-31(28)33-21-36-17-16-29(27)33)22-6-5-7-23(18-22)25-13-15-35-32(20-25)30-10-3-4-11-34(30)37-35/h1-21H. The SMILES string of the molecule is c1cc(-c2ccc3sc4ccccc4c3c2)cc(-c2ccc3c4ccccc4c4ccncc4c3c2)c1. The first-order valence-electron chi connectivity index (χ1n) is 12.5. The van der Waals surface area contributed by atoms with Gasteiger partial charge in [0.2, 0.25) is 0 Å². The molecule has 0 aliphatic rings. The summed E-state index contributed by atoms with van der Waals surface area (Å²) in [5.41, 5.74) is 4.93. The molecule has 6 aromatic carbocycles. The second-order valence-corrected chi connectivity index (χ2v) is 10.7. The highest BCUT2D eigenvalue weighted by Gasteiger charge is 2.11. The lowest BCUT2D eigenvalue weighted by molar-refractivity contribution is 1.37. The molecular formula is C35H21NS. The summed E-state index contributed by atoms with van der Waals surface area (Å²) in [4.78, 5) is 4.47. The monoisotopic (exact) mass is 487 g/mol. The van der Waals surface area contributed by atoms with Crippen molar-refractivity contribution in [3.8, 4) is 22.3 Å². The van der Waals surface area contributed by atoms with Crippen LogP contribution < -0.4 is 0 Å². The number of rotatable bonds is 2. The smallest absolute Gasteiger partial charge is 0.0355 e. The van der Waals surface area contributed by atoms with Crippen LogP contribution in [0.25, 0.3) is 74.7 Å². The Bertz CT molecular complexity index is 2120. The van der Waals surface area contributed by atoms with Gasteiger partial charge >= 0.3 is 0 Å². The molecule has 0 atom stereocenters. The third-order valence-corrected chi connectivity index (χ3v) is 8.70. The number of pyridine rings is 1. The Hall–Kier alpha value is -4.53. The Balaban J connectivity index is 1.31. The predicted octanol–water partition coefficient (Wildman–Crippen LogP) is 10.2. The molecule has 172 valence electrons. The van der Waals surface area contributed by atoms with Gasteiger partial charge in [-0.15, -0.1) is 11.3 Å². The van der Waals surface area contributed by atoms with Crippen molar-refractivity contribution >= 4 is 63.8 Å².